The third kappa shape index (κ3) is 1.83. The molecular formula is C10H6ClN3O2. The molecule has 80 valence electrons. The van der Waals surface area contributed by atoms with Gasteiger partial charge in [0.1, 0.15) is 6.54 Å². The van der Waals surface area contributed by atoms with E-state index in [9.17, 15) is 4.79 Å². The van der Waals surface area contributed by atoms with E-state index in [1.807, 2.05) is 6.07 Å². The fourth-order valence-corrected chi connectivity index (χ4v) is 1.41. The zero-order valence-electron chi connectivity index (χ0n) is 8.05. The van der Waals surface area contributed by atoms with Gasteiger partial charge in [-0.2, -0.15) is 5.26 Å². The van der Waals surface area contributed by atoms with Crippen molar-refractivity contribution in [2.75, 3.05) is 0 Å². The molecule has 1 aromatic carbocycles. The van der Waals surface area contributed by atoms with Gasteiger partial charge in [0.15, 0.2) is 5.82 Å². The van der Waals surface area contributed by atoms with E-state index in [0.29, 0.717) is 16.4 Å². The summed E-state index contributed by atoms with van der Waals surface area (Å²) in [6.07, 6.45) is 0. The van der Waals surface area contributed by atoms with Crippen LogP contribution in [-0.2, 0) is 6.54 Å². The van der Waals surface area contributed by atoms with E-state index < -0.39 is 5.76 Å². The van der Waals surface area contributed by atoms with Gasteiger partial charge in [0.2, 0.25) is 0 Å². The molecule has 0 spiro atoms. The van der Waals surface area contributed by atoms with E-state index in [2.05, 4.69) is 9.68 Å². The molecule has 0 fully saturated rings. The molecule has 16 heavy (non-hydrogen) atoms. The van der Waals surface area contributed by atoms with E-state index in [1.165, 1.54) is 0 Å². The minimum Gasteiger partial charge on any atom is -0.295 e. The van der Waals surface area contributed by atoms with Crippen LogP contribution in [0.1, 0.15) is 0 Å². The molecule has 5 nitrogen and oxygen atoms in total. The number of nitriles is 1. The minimum absolute atomic E-state index is 0.0969. The monoisotopic (exact) mass is 235 g/mol. The Hall–Kier alpha value is -2.06. The molecule has 0 radical (unpaired) electrons. The summed E-state index contributed by atoms with van der Waals surface area (Å²) in [5, 5.41) is 12.8. The third-order valence-corrected chi connectivity index (χ3v) is 2.27. The molecule has 0 amide bonds. The normalized spacial score (nSPS) is 10.0. The fraction of sp³-hybridized carbons (Fsp3) is 0.100. The highest BCUT2D eigenvalue weighted by molar-refractivity contribution is 6.30. The summed E-state index contributed by atoms with van der Waals surface area (Å²) >= 11 is 5.74. The van der Waals surface area contributed by atoms with Crippen LogP contribution in [0.25, 0.3) is 11.4 Å². The molecule has 1 heterocycles. The highest BCUT2D eigenvalue weighted by Crippen LogP contribution is 2.18. The molecule has 0 unspecified atom stereocenters. The molecule has 0 atom stereocenters. The van der Waals surface area contributed by atoms with Gasteiger partial charge in [-0.05, 0) is 24.3 Å². The number of nitrogens with zero attached hydrogens (tertiary/aromatic N) is 3. The Labute approximate surface area is 95.5 Å². The van der Waals surface area contributed by atoms with Crippen LogP contribution in [0.4, 0.5) is 0 Å². The van der Waals surface area contributed by atoms with Crippen LogP contribution in [0.3, 0.4) is 0 Å². The highest BCUT2D eigenvalue weighted by atomic mass is 35.5. The van der Waals surface area contributed by atoms with Crippen molar-refractivity contribution < 1.29 is 4.52 Å². The first-order chi connectivity index (χ1) is 7.72. The number of aromatic nitrogens is 2. The van der Waals surface area contributed by atoms with Crippen LogP contribution in [-0.4, -0.2) is 9.72 Å². The topological polar surface area (TPSA) is 71.8 Å². The molecule has 0 aliphatic heterocycles. The molecule has 0 aliphatic carbocycles. The largest absolute Gasteiger partial charge is 0.442 e. The average molecular weight is 236 g/mol. The van der Waals surface area contributed by atoms with Crippen molar-refractivity contribution in [1.29, 1.82) is 5.26 Å². The fourth-order valence-electron chi connectivity index (χ4n) is 1.28. The Bertz CT molecular complexity index is 592. The maximum absolute atomic E-state index is 11.2. The first-order valence-corrected chi connectivity index (χ1v) is 4.79. The molecule has 6 heteroatoms. The van der Waals surface area contributed by atoms with Crippen LogP contribution in [0.15, 0.2) is 33.6 Å². The van der Waals surface area contributed by atoms with E-state index in [1.54, 1.807) is 24.3 Å². The highest BCUT2D eigenvalue weighted by Gasteiger charge is 2.11. The Balaban J connectivity index is 2.52. The van der Waals surface area contributed by atoms with Gasteiger partial charge in [0.25, 0.3) is 0 Å². The zero-order chi connectivity index (χ0) is 11.5. The Morgan fingerprint density at radius 2 is 2.12 bits per heavy atom. The van der Waals surface area contributed by atoms with Gasteiger partial charge in [0.05, 0.1) is 6.07 Å². The average Bonchev–Trinajstić information content (AvgIpc) is 2.63. The summed E-state index contributed by atoms with van der Waals surface area (Å²) in [6.45, 7) is -0.0969. The first-order valence-electron chi connectivity index (χ1n) is 4.42. The lowest BCUT2D eigenvalue weighted by atomic mass is 10.2. The molecule has 1 aromatic heterocycles. The number of hydrogen-bond donors (Lipinski definition) is 0. The molecule has 0 aliphatic rings. The molecule has 2 aromatic rings. The Kier molecular flexibility index (Phi) is 2.75. The summed E-state index contributed by atoms with van der Waals surface area (Å²) in [4.78, 5) is 11.2. The minimum atomic E-state index is -0.647. The standard InChI is InChI=1S/C10H6ClN3O2/c11-8-3-1-7(2-4-8)9-13-16-10(15)14(9)6-5-12/h1-4H,6H2. The van der Waals surface area contributed by atoms with Crippen LogP contribution in [0.5, 0.6) is 0 Å². The zero-order valence-corrected chi connectivity index (χ0v) is 8.81. The summed E-state index contributed by atoms with van der Waals surface area (Å²) < 4.78 is 5.66. The number of hydrogen-bond acceptors (Lipinski definition) is 4. The molecule has 0 N–H and O–H groups in total. The lowest BCUT2D eigenvalue weighted by molar-refractivity contribution is 0.379. The second-order valence-corrected chi connectivity index (χ2v) is 3.46. The van der Waals surface area contributed by atoms with Crippen molar-refractivity contribution in [3.05, 3.63) is 39.8 Å². The van der Waals surface area contributed by atoms with Gasteiger partial charge < -0.3 is 0 Å². The summed E-state index contributed by atoms with van der Waals surface area (Å²) in [7, 11) is 0. The summed E-state index contributed by atoms with van der Waals surface area (Å²) in [5.74, 6) is -0.324. The number of halogens is 1. The maximum atomic E-state index is 11.2. The first kappa shape index (κ1) is 10.5. The van der Waals surface area contributed by atoms with Crippen molar-refractivity contribution in [3.63, 3.8) is 0 Å². The molecule has 0 saturated heterocycles. The third-order valence-electron chi connectivity index (χ3n) is 2.02. The van der Waals surface area contributed by atoms with Crippen LogP contribution in [0, 0.1) is 11.3 Å². The van der Waals surface area contributed by atoms with Crippen molar-refractivity contribution in [2.45, 2.75) is 6.54 Å². The quantitative estimate of drug-likeness (QED) is 0.794. The second-order valence-electron chi connectivity index (χ2n) is 3.02. The summed E-state index contributed by atoms with van der Waals surface area (Å²) in [6, 6.07) is 8.62. The lowest BCUT2D eigenvalue weighted by Gasteiger charge is -1.99. The van der Waals surface area contributed by atoms with Gasteiger partial charge in [0, 0.05) is 10.6 Å². The molecule has 0 bridgehead atoms. The number of benzene rings is 1. The molecular weight excluding hydrogens is 230 g/mol. The van der Waals surface area contributed by atoms with Crippen molar-refractivity contribution in [3.8, 4) is 17.5 Å². The van der Waals surface area contributed by atoms with Crippen LogP contribution >= 0.6 is 11.6 Å². The second kappa shape index (κ2) is 4.21. The van der Waals surface area contributed by atoms with E-state index in [0.717, 1.165) is 4.57 Å². The van der Waals surface area contributed by atoms with Gasteiger partial charge >= 0.3 is 5.76 Å². The van der Waals surface area contributed by atoms with Crippen molar-refractivity contribution in [1.82, 2.24) is 9.72 Å². The number of rotatable bonds is 2. The van der Waals surface area contributed by atoms with Crippen LogP contribution < -0.4 is 5.76 Å². The van der Waals surface area contributed by atoms with Crippen molar-refractivity contribution in [2.24, 2.45) is 0 Å². The van der Waals surface area contributed by atoms with Gasteiger partial charge in [-0.3, -0.25) is 4.52 Å². The summed E-state index contributed by atoms with van der Waals surface area (Å²) in [5.41, 5.74) is 0.672. The Morgan fingerprint density at radius 1 is 1.44 bits per heavy atom. The van der Waals surface area contributed by atoms with Gasteiger partial charge in [-0.25, -0.2) is 9.36 Å². The van der Waals surface area contributed by atoms with E-state index in [4.69, 9.17) is 16.9 Å². The molecule has 0 saturated carbocycles. The van der Waals surface area contributed by atoms with Crippen molar-refractivity contribution >= 4 is 11.6 Å². The van der Waals surface area contributed by atoms with Gasteiger partial charge in [-0.1, -0.05) is 16.8 Å². The Morgan fingerprint density at radius 3 is 2.75 bits per heavy atom. The van der Waals surface area contributed by atoms with E-state index in [-0.39, 0.29) is 6.54 Å². The predicted molar refractivity (Wildman–Crippen MR) is 56.8 cm³/mol. The lowest BCUT2D eigenvalue weighted by Crippen LogP contribution is -2.14. The smallest absolute Gasteiger partial charge is 0.295 e. The molecule has 2 rings (SSSR count). The SMILES string of the molecule is N#CCn1c(-c2ccc(Cl)cc2)noc1=O. The predicted octanol–water partition coefficient (Wildman–Crippen LogP) is 1.68. The maximum Gasteiger partial charge on any atom is 0.442 e. The van der Waals surface area contributed by atoms with Crippen LogP contribution in [0.2, 0.25) is 5.02 Å². The van der Waals surface area contributed by atoms with E-state index >= 15 is 0 Å². The van der Waals surface area contributed by atoms with Gasteiger partial charge in [-0.15, -0.1) is 0 Å².